The fourth-order valence-electron chi connectivity index (χ4n) is 1.91. The van der Waals surface area contributed by atoms with Gasteiger partial charge in [0.05, 0.1) is 33.8 Å². The highest BCUT2D eigenvalue weighted by atomic mass is 79.9. The van der Waals surface area contributed by atoms with E-state index in [0.717, 1.165) is 28.1 Å². The molecule has 0 aromatic carbocycles. The molecule has 0 aliphatic rings. The molecule has 0 amide bonds. The maximum absolute atomic E-state index is 6.16. The van der Waals surface area contributed by atoms with Crippen LogP contribution in [0.5, 0.6) is 0 Å². The van der Waals surface area contributed by atoms with Crippen molar-refractivity contribution in [3.8, 4) is 0 Å². The second-order valence-corrected chi connectivity index (χ2v) is 5.02. The largest absolute Gasteiger partial charge is 0.322 e. The van der Waals surface area contributed by atoms with Crippen LogP contribution in [-0.2, 0) is 20.0 Å². The number of hydrogen-bond donors (Lipinski definition) is 1. The van der Waals surface area contributed by atoms with Gasteiger partial charge in [-0.2, -0.15) is 20.1 Å². The standard InChI is InChI=1S/C11H17BrN6/c1-4-18-10(11(12)7(2)15-18)5-8(13)9-6-14-17(3)16-9/h6,8H,4-5,13H2,1-3H3. The third-order valence-electron chi connectivity index (χ3n) is 2.86. The van der Waals surface area contributed by atoms with Crippen molar-refractivity contribution in [1.82, 2.24) is 24.8 Å². The summed E-state index contributed by atoms with van der Waals surface area (Å²) >= 11 is 3.57. The third kappa shape index (κ3) is 2.46. The molecule has 1 atom stereocenters. The summed E-state index contributed by atoms with van der Waals surface area (Å²) < 4.78 is 3.00. The summed E-state index contributed by atoms with van der Waals surface area (Å²) in [6.45, 7) is 4.87. The number of nitrogens with zero attached hydrogens (tertiary/aromatic N) is 5. The zero-order chi connectivity index (χ0) is 13.3. The number of hydrogen-bond acceptors (Lipinski definition) is 4. The van der Waals surface area contributed by atoms with Gasteiger partial charge in [0, 0.05) is 20.0 Å². The van der Waals surface area contributed by atoms with Gasteiger partial charge in [-0.05, 0) is 29.8 Å². The Bertz CT molecular complexity index is 544. The van der Waals surface area contributed by atoms with E-state index in [1.54, 1.807) is 13.2 Å². The normalized spacial score (nSPS) is 12.9. The molecular weight excluding hydrogens is 296 g/mol. The van der Waals surface area contributed by atoms with Crippen molar-refractivity contribution in [2.75, 3.05) is 0 Å². The van der Waals surface area contributed by atoms with E-state index in [9.17, 15) is 0 Å². The molecule has 0 fully saturated rings. The minimum Gasteiger partial charge on any atom is -0.322 e. The van der Waals surface area contributed by atoms with Crippen molar-refractivity contribution < 1.29 is 0 Å². The zero-order valence-electron chi connectivity index (χ0n) is 10.8. The fraction of sp³-hybridized carbons (Fsp3) is 0.545. The van der Waals surface area contributed by atoms with E-state index in [4.69, 9.17) is 5.73 Å². The van der Waals surface area contributed by atoms with Gasteiger partial charge in [0.25, 0.3) is 0 Å². The van der Waals surface area contributed by atoms with E-state index in [-0.39, 0.29) is 6.04 Å². The lowest BCUT2D eigenvalue weighted by atomic mass is 10.1. The van der Waals surface area contributed by atoms with Gasteiger partial charge in [-0.15, -0.1) is 0 Å². The van der Waals surface area contributed by atoms with Crippen LogP contribution < -0.4 is 5.73 Å². The summed E-state index contributed by atoms with van der Waals surface area (Å²) in [5.74, 6) is 0. The molecule has 0 aliphatic carbocycles. The molecular formula is C11H17BrN6. The predicted molar refractivity (Wildman–Crippen MR) is 72.0 cm³/mol. The van der Waals surface area contributed by atoms with Crippen molar-refractivity contribution in [1.29, 1.82) is 0 Å². The fourth-order valence-corrected chi connectivity index (χ4v) is 2.35. The molecule has 2 heterocycles. The van der Waals surface area contributed by atoms with E-state index in [1.807, 2.05) is 11.6 Å². The number of halogens is 1. The first-order chi connectivity index (χ1) is 8.52. The first kappa shape index (κ1) is 13.2. The lowest BCUT2D eigenvalue weighted by molar-refractivity contribution is 0.571. The van der Waals surface area contributed by atoms with Gasteiger partial charge in [0.2, 0.25) is 0 Å². The Morgan fingerprint density at radius 3 is 2.72 bits per heavy atom. The van der Waals surface area contributed by atoms with Gasteiger partial charge in [0.1, 0.15) is 0 Å². The van der Waals surface area contributed by atoms with E-state index >= 15 is 0 Å². The molecule has 6 nitrogen and oxygen atoms in total. The number of aryl methyl sites for hydroxylation is 3. The van der Waals surface area contributed by atoms with E-state index in [0.29, 0.717) is 6.42 Å². The molecule has 0 bridgehead atoms. The molecule has 0 spiro atoms. The molecule has 0 saturated heterocycles. The van der Waals surface area contributed by atoms with Crippen LogP contribution in [0, 0.1) is 6.92 Å². The first-order valence-corrected chi connectivity index (χ1v) is 6.65. The molecule has 98 valence electrons. The summed E-state index contributed by atoms with van der Waals surface area (Å²) in [5.41, 5.74) is 9.05. The average Bonchev–Trinajstić information content (AvgIpc) is 2.88. The average molecular weight is 313 g/mol. The maximum atomic E-state index is 6.16. The minimum absolute atomic E-state index is 0.170. The van der Waals surface area contributed by atoms with Crippen LogP contribution in [0.25, 0.3) is 0 Å². The number of aromatic nitrogens is 5. The molecule has 1 unspecified atom stereocenters. The summed E-state index contributed by atoms with van der Waals surface area (Å²) in [6.07, 6.45) is 2.39. The molecule has 18 heavy (non-hydrogen) atoms. The minimum atomic E-state index is -0.170. The number of rotatable bonds is 4. The van der Waals surface area contributed by atoms with Crippen molar-refractivity contribution in [3.63, 3.8) is 0 Å². The Balaban J connectivity index is 2.23. The van der Waals surface area contributed by atoms with E-state index in [1.165, 1.54) is 4.80 Å². The quantitative estimate of drug-likeness (QED) is 0.924. The van der Waals surface area contributed by atoms with Crippen LogP contribution in [0.15, 0.2) is 10.7 Å². The van der Waals surface area contributed by atoms with Gasteiger partial charge in [-0.3, -0.25) is 4.68 Å². The SMILES string of the molecule is CCn1nc(C)c(Br)c1CC(N)c1cnn(C)n1. The number of nitrogens with two attached hydrogens (primary N) is 1. The van der Waals surface area contributed by atoms with E-state index < -0.39 is 0 Å². The predicted octanol–water partition coefficient (Wildman–Crippen LogP) is 1.34. The molecule has 7 heteroatoms. The van der Waals surface area contributed by atoms with Crippen molar-refractivity contribution in [2.24, 2.45) is 12.8 Å². The van der Waals surface area contributed by atoms with Crippen LogP contribution in [0.3, 0.4) is 0 Å². The second kappa shape index (κ2) is 5.19. The van der Waals surface area contributed by atoms with Gasteiger partial charge in [-0.1, -0.05) is 0 Å². The summed E-state index contributed by atoms with van der Waals surface area (Å²) in [6, 6.07) is -0.170. The zero-order valence-corrected chi connectivity index (χ0v) is 12.3. The van der Waals surface area contributed by atoms with Gasteiger partial charge in [0.15, 0.2) is 0 Å². The van der Waals surface area contributed by atoms with Crippen molar-refractivity contribution in [3.05, 3.63) is 27.8 Å². The van der Waals surface area contributed by atoms with Gasteiger partial charge >= 0.3 is 0 Å². The summed E-state index contributed by atoms with van der Waals surface area (Å²) in [4.78, 5) is 1.52. The summed E-state index contributed by atoms with van der Waals surface area (Å²) in [7, 11) is 1.78. The lowest BCUT2D eigenvalue weighted by Gasteiger charge is -2.10. The van der Waals surface area contributed by atoms with Gasteiger partial charge < -0.3 is 5.73 Å². The van der Waals surface area contributed by atoms with Crippen molar-refractivity contribution in [2.45, 2.75) is 32.9 Å². The Kier molecular flexibility index (Phi) is 3.82. The van der Waals surface area contributed by atoms with Gasteiger partial charge in [-0.25, -0.2) is 0 Å². The third-order valence-corrected chi connectivity index (χ3v) is 3.89. The Morgan fingerprint density at radius 1 is 1.44 bits per heavy atom. The highest BCUT2D eigenvalue weighted by molar-refractivity contribution is 9.10. The second-order valence-electron chi connectivity index (χ2n) is 4.23. The maximum Gasteiger partial charge on any atom is 0.0998 e. The topological polar surface area (TPSA) is 74.6 Å². The Labute approximate surface area is 114 Å². The molecule has 2 rings (SSSR count). The molecule has 0 radical (unpaired) electrons. The Morgan fingerprint density at radius 2 is 2.17 bits per heavy atom. The smallest absolute Gasteiger partial charge is 0.0998 e. The first-order valence-electron chi connectivity index (χ1n) is 5.86. The monoisotopic (exact) mass is 312 g/mol. The Hall–Kier alpha value is -1.21. The summed E-state index contributed by atoms with van der Waals surface area (Å²) in [5, 5.41) is 12.7. The lowest BCUT2D eigenvalue weighted by Crippen LogP contribution is -2.17. The van der Waals surface area contributed by atoms with E-state index in [2.05, 4.69) is 38.1 Å². The highest BCUT2D eigenvalue weighted by Crippen LogP contribution is 2.24. The molecule has 0 saturated carbocycles. The molecule has 2 N–H and O–H groups in total. The molecule has 0 aliphatic heterocycles. The van der Waals surface area contributed by atoms with Crippen molar-refractivity contribution >= 4 is 15.9 Å². The highest BCUT2D eigenvalue weighted by Gasteiger charge is 2.18. The molecule has 2 aromatic heterocycles. The van der Waals surface area contributed by atoms with Crippen LogP contribution in [0.2, 0.25) is 0 Å². The van der Waals surface area contributed by atoms with Crippen LogP contribution in [0.1, 0.15) is 30.0 Å². The van der Waals surface area contributed by atoms with Crippen LogP contribution in [-0.4, -0.2) is 24.8 Å². The van der Waals surface area contributed by atoms with Crippen LogP contribution in [0.4, 0.5) is 0 Å². The molecule has 2 aromatic rings. The van der Waals surface area contributed by atoms with Crippen LogP contribution >= 0.6 is 15.9 Å².